The molecule has 0 aliphatic carbocycles. The summed E-state index contributed by atoms with van der Waals surface area (Å²) in [6.07, 6.45) is 1.93. The van der Waals surface area contributed by atoms with Gasteiger partial charge in [0.05, 0.1) is 5.01 Å². The highest BCUT2D eigenvalue weighted by Crippen LogP contribution is 2.10. The zero-order valence-corrected chi connectivity index (χ0v) is 9.03. The van der Waals surface area contributed by atoms with E-state index in [-0.39, 0.29) is 0 Å². The fourth-order valence-electron chi connectivity index (χ4n) is 1.01. The van der Waals surface area contributed by atoms with E-state index in [1.807, 2.05) is 13.1 Å². The molecule has 1 heterocycles. The highest BCUT2D eigenvalue weighted by Gasteiger charge is 2.00. The fraction of sp³-hybridized carbons (Fsp3) is 0.667. The molecule has 1 atom stereocenters. The van der Waals surface area contributed by atoms with E-state index in [0.717, 1.165) is 24.6 Å². The summed E-state index contributed by atoms with van der Waals surface area (Å²) < 4.78 is 0. The van der Waals surface area contributed by atoms with Crippen LogP contribution in [0, 0.1) is 12.8 Å². The van der Waals surface area contributed by atoms with Crippen LogP contribution in [0.1, 0.15) is 16.8 Å². The Hall–Kier alpha value is -0.450. The average Bonchev–Trinajstić information content (AvgIpc) is 2.51. The fourth-order valence-corrected chi connectivity index (χ4v) is 1.78. The lowest BCUT2D eigenvalue weighted by Gasteiger charge is -2.08. The van der Waals surface area contributed by atoms with Crippen LogP contribution in [0.5, 0.6) is 0 Å². The summed E-state index contributed by atoms with van der Waals surface area (Å²) in [5, 5.41) is 4.48. The van der Waals surface area contributed by atoms with Gasteiger partial charge in [0, 0.05) is 17.6 Å². The van der Waals surface area contributed by atoms with Crippen LogP contribution in [-0.2, 0) is 6.54 Å². The molecule has 0 spiro atoms. The molecule has 1 aromatic rings. The molecular formula is C9H17N3S. The average molecular weight is 199 g/mol. The minimum atomic E-state index is 0.550. The van der Waals surface area contributed by atoms with Crippen LogP contribution in [0.3, 0.4) is 0 Å². The van der Waals surface area contributed by atoms with Crippen molar-refractivity contribution in [3.8, 4) is 0 Å². The van der Waals surface area contributed by atoms with Crippen molar-refractivity contribution in [1.82, 2.24) is 10.3 Å². The van der Waals surface area contributed by atoms with Crippen molar-refractivity contribution < 1.29 is 0 Å². The van der Waals surface area contributed by atoms with E-state index in [0.29, 0.717) is 5.92 Å². The maximum Gasteiger partial charge on any atom is 0.0897 e. The van der Waals surface area contributed by atoms with Crippen molar-refractivity contribution in [3.63, 3.8) is 0 Å². The van der Waals surface area contributed by atoms with Crippen LogP contribution < -0.4 is 11.1 Å². The SMILES string of the molecule is Cc1ncc(CNCC(C)CN)s1. The van der Waals surface area contributed by atoms with Gasteiger partial charge in [0.15, 0.2) is 0 Å². The second-order valence-electron chi connectivity index (χ2n) is 3.32. The summed E-state index contributed by atoms with van der Waals surface area (Å²) in [6.45, 7) is 6.81. The van der Waals surface area contributed by atoms with Crippen LogP contribution in [0.2, 0.25) is 0 Å². The molecule has 3 nitrogen and oxygen atoms in total. The second kappa shape index (κ2) is 5.32. The van der Waals surface area contributed by atoms with Gasteiger partial charge in [-0.1, -0.05) is 6.92 Å². The van der Waals surface area contributed by atoms with Gasteiger partial charge in [0.25, 0.3) is 0 Å². The van der Waals surface area contributed by atoms with Gasteiger partial charge >= 0.3 is 0 Å². The molecule has 0 aliphatic rings. The Bertz CT molecular complexity index is 247. The van der Waals surface area contributed by atoms with Gasteiger partial charge in [0.2, 0.25) is 0 Å². The third-order valence-corrected chi connectivity index (χ3v) is 2.78. The summed E-state index contributed by atoms with van der Waals surface area (Å²) in [6, 6.07) is 0. The molecule has 4 heteroatoms. The molecule has 0 fully saturated rings. The Kier molecular flexibility index (Phi) is 4.35. The van der Waals surface area contributed by atoms with Gasteiger partial charge in [-0.25, -0.2) is 4.98 Å². The van der Waals surface area contributed by atoms with E-state index in [2.05, 4.69) is 17.2 Å². The molecule has 0 aromatic carbocycles. The highest BCUT2D eigenvalue weighted by molar-refractivity contribution is 7.11. The maximum atomic E-state index is 5.51. The molecule has 0 saturated carbocycles. The molecule has 74 valence electrons. The highest BCUT2D eigenvalue weighted by atomic mass is 32.1. The number of nitrogens with zero attached hydrogens (tertiary/aromatic N) is 1. The van der Waals surface area contributed by atoms with Crippen LogP contribution in [0.25, 0.3) is 0 Å². The first kappa shape index (κ1) is 10.6. The molecular weight excluding hydrogens is 182 g/mol. The molecule has 0 bridgehead atoms. The smallest absolute Gasteiger partial charge is 0.0897 e. The second-order valence-corrected chi connectivity index (χ2v) is 4.64. The zero-order valence-electron chi connectivity index (χ0n) is 8.21. The lowest BCUT2D eigenvalue weighted by atomic mass is 10.2. The minimum Gasteiger partial charge on any atom is -0.330 e. The quantitative estimate of drug-likeness (QED) is 0.747. The number of nitrogens with one attached hydrogen (secondary N) is 1. The zero-order chi connectivity index (χ0) is 9.68. The molecule has 0 aliphatic heterocycles. The summed E-state index contributed by atoms with van der Waals surface area (Å²) in [7, 11) is 0. The van der Waals surface area contributed by atoms with Crippen LogP contribution in [0.4, 0.5) is 0 Å². The number of rotatable bonds is 5. The third-order valence-electron chi connectivity index (χ3n) is 1.86. The maximum absolute atomic E-state index is 5.51. The molecule has 1 rings (SSSR count). The minimum absolute atomic E-state index is 0.550. The van der Waals surface area contributed by atoms with Crippen molar-refractivity contribution in [1.29, 1.82) is 0 Å². The topological polar surface area (TPSA) is 50.9 Å². The van der Waals surface area contributed by atoms with Gasteiger partial charge < -0.3 is 11.1 Å². The largest absolute Gasteiger partial charge is 0.330 e. The van der Waals surface area contributed by atoms with Crippen molar-refractivity contribution in [2.75, 3.05) is 13.1 Å². The molecule has 13 heavy (non-hydrogen) atoms. The number of nitrogens with two attached hydrogens (primary N) is 1. The summed E-state index contributed by atoms with van der Waals surface area (Å²) in [5.74, 6) is 0.550. The first-order valence-corrected chi connectivity index (χ1v) is 5.36. The van der Waals surface area contributed by atoms with E-state index in [4.69, 9.17) is 5.73 Å². The van der Waals surface area contributed by atoms with E-state index < -0.39 is 0 Å². The van der Waals surface area contributed by atoms with Gasteiger partial charge in [-0.2, -0.15) is 0 Å². The van der Waals surface area contributed by atoms with Crippen molar-refractivity contribution in [2.24, 2.45) is 11.7 Å². The number of aryl methyl sites for hydroxylation is 1. The van der Waals surface area contributed by atoms with Gasteiger partial charge in [-0.15, -0.1) is 11.3 Å². The predicted octanol–water partition coefficient (Wildman–Crippen LogP) is 1.14. The van der Waals surface area contributed by atoms with Crippen LogP contribution in [-0.4, -0.2) is 18.1 Å². The van der Waals surface area contributed by atoms with E-state index >= 15 is 0 Å². The van der Waals surface area contributed by atoms with Crippen molar-refractivity contribution in [3.05, 3.63) is 16.1 Å². The first-order chi connectivity index (χ1) is 6.22. The lowest BCUT2D eigenvalue weighted by molar-refractivity contribution is 0.524. The number of hydrogen-bond donors (Lipinski definition) is 2. The van der Waals surface area contributed by atoms with Gasteiger partial charge in [-0.05, 0) is 25.9 Å². The first-order valence-electron chi connectivity index (χ1n) is 4.54. The van der Waals surface area contributed by atoms with Crippen LogP contribution >= 0.6 is 11.3 Å². The van der Waals surface area contributed by atoms with Crippen molar-refractivity contribution in [2.45, 2.75) is 20.4 Å². The van der Waals surface area contributed by atoms with Gasteiger partial charge in [0.1, 0.15) is 0 Å². The molecule has 3 N–H and O–H groups in total. The molecule has 1 aromatic heterocycles. The molecule has 1 unspecified atom stereocenters. The Morgan fingerprint density at radius 2 is 2.46 bits per heavy atom. The predicted molar refractivity (Wildman–Crippen MR) is 56.8 cm³/mol. The summed E-state index contributed by atoms with van der Waals surface area (Å²) in [5.41, 5.74) is 5.51. The molecule has 0 radical (unpaired) electrons. The van der Waals surface area contributed by atoms with Crippen LogP contribution in [0.15, 0.2) is 6.20 Å². The number of aromatic nitrogens is 1. The molecule has 0 saturated heterocycles. The van der Waals surface area contributed by atoms with E-state index in [1.54, 1.807) is 11.3 Å². The number of hydrogen-bond acceptors (Lipinski definition) is 4. The Morgan fingerprint density at radius 1 is 1.69 bits per heavy atom. The van der Waals surface area contributed by atoms with Crippen molar-refractivity contribution >= 4 is 11.3 Å². The van der Waals surface area contributed by atoms with E-state index in [9.17, 15) is 0 Å². The summed E-state index contributed by atoms with van der Waals surface area (Å²) >= 11 is 1.74. The Labute approximate surface area is 83.4 Å². The number of thiazole rings is 1. The monoisotopic (exact) mass is 199 g/mol. The van der Waals surface area contributed by atoms with Gasteiger partial charge in [-0.3, -0.25) is 0 Å². The standard InChI is InChI=1S/C9H17N3S/c1-7(3-10)4-11-5-9-6-12-8(2)13-9/h6-7,11H,3-5,10H2,1-2H3. The summed E-state index contributed by atoms with van der Waals surface area (Å²) in [4.78, 5) is 5.48. The molecule has 0 amide bonds. The Balaban J connectivity index is 2.20. The Morgan fingerprint density at radius 3 is 3.00 bits per heavy atom. The van der Waals surface area contributed by atoms with E-state index in [1.165, 1.54) is 4.88 Å². The lowest BCUT2D eigenvalue weighted by Crippen LogP contribution is -2.25. The third kappa shape index (κ3) is 3.85. The normalized spacial score (nSPS) is 13.2.